The Morgan fingerprint density at radius 1 is 1.38 bits per heavy atom. The molecule has 4 nitrogen and oxygen atoms in total. The monoisotopic (exact) mass is 379 g/mol. The van der Waals surface area contributed by atoms with Crippen LogP contribution in [0.1, 0.15) is 79.9 Å². The maximum Gasteiger partial charge on any atom is 0.344 e. The van der Waals surface area contributed by atoms with Gasteiger partial charge in [-0.25, -0.2) is 4.79 Å². The second-order valence-corrected chi connectivity index (χ2v) is 4.76. The minimum Gasteiger partial charge on any atom is -0.450 e. The number of aliphatic hydroxyl groups is 1. The van der Waals surface area contributed by atoms with Crippen LogP contribution in [0.4, 0.5) is 0 Å². The van der Waals surface area contributed by atoms with Crippen molar-refractivity contribution >= 4 is 5.97 Å². The van der Waals surface area contributed by atoms with Gasteiger partial charge in [-0.2, -0.15) is 0 Å². The molecule has 1 aromatic carbocycles. The summed E-state index contributed by atoms with van der Waals surface area (Å²) in [7, 11) is 0. The first kappa shape index (κ1) is 5.83. The van der Waals surface area contributed by atoms with Crippen LogP contribution < -0.4 is 0 Å². The molecular formula is C22H31NO3. The number of esters is 1. The molecule has 0 spiro atoms. The maximum atomic E-state index is 14.0. The molecule has 1 aliphatic rings. The van der Waals surface area contributed by atoms with Gasteiger partial charge in [-0.1, -0.05) is 75.0 Å². The summed E-state index contributed by atoms with van der Waals surface area (Å²) in [6, 6.07) is 5.11. The van der Waals surface area contributed by atoms with E-state index in [4.69, 9.17) is 35.0 Å². The Labute approximate surface area is 188 Å². The number of benzene rings is 1. The summed E-state index contributed by atoms with van der Waals surface area (Å²) in [5.41, 5.74) is -4.86. The zero-order valence-electron chi connectivity index (χ0n) is 35.5. The molecule has 4 heteroatoms. The van der Waals surface area contributed by atoms with E-state index in [0.29, 0.717) is 0 Å². The summed E-state index contributed by atoms with van der Waals surface area (Å²) in [6.07, 6.45) is -21.0. The summed E-state index contributed by atoms with van der Waals surface area (Å²) in [4.78, 5) is 14.2. The maximum absolute atomic E-state index is 14.0. The molecule has 1 unspecified atom stereocenters. The zero-order chi connectivity index (χ0) is 38.0. The largest absolute Gasteiger partial charge is 0.450 e. The third-order valence-electron chi connectivity index (χ3n) is 3.17. The van der Waals surface area contributed by atoms with Crippen molar-refractivity contribution in [1.29, 1.82) is 1.43 Å². The summed E-state index contributed by atoms with van der Waals surface area (Å²) >= 11 is 0. The molecule has 0 saturated heterocycles. The highest BCUT2D eigenvalue weighted by atomic mass is 16.5. The molecule has 0 amide bonds. The van der Waals surface area contributed by atoms with Crippen LogP contribution in [0.3, 0.4) is 0 Å². The highest BCUT2D eigenvalue weighted by Crippen LogP contribution is 2.40. The van der Waals surface area contributed by atoms with Crippen molar-refractivity contribution in [2.45, 2.75) is 51.2 Å². The van der Waals surface area contributed by atoms with Gasteiger partial charge >= 0.3 is 5.97 Å². The van der Waals surface area contributed by atoms with E-state index in [0.717, 1.165) is 24.3 Å². The van der Waals surface area contributed by atoms with E-state index in [2.05, 4.69) is 5.11 Å². The number of hydrogen-bond donors (Lipinski definition) is 1. The van der Waals surface area contributed by atoms with Crippen LogP contribution in [0.25, 0.3) is 0 Å². The van der Waals surface area contributed by atoms with Crippen molar-refractivity contribution in [3.05, 3.63) is 35.9 Å². The Morgan fingerprint density at radius 2 is 2.12 bits per heavy atom. The van der Waals surface area contributed by atoms with Crippen LogP contribution in [0.5, 0.6) is 0 Å². The van der Waals surface area contributed by atoms with E-state index in [1.54, 1.807) is 5.92 Å². The van der Waals surface area contributed by atoms with Gasteiger partial charge in [0.05, 0.1) is 12.0 Å². The lowest BCUT2D eigenvalue weighted by atomic mass is 9.73. The standard InChI is InChI=1S/C22H31NO3/c1-3-23(4-2)17-11-12-18-26-21(24)22(25,19-13-7-5-8-14-19)20-15-9-6-10-16-20/h5,7-8,13-14,20,25H,3-4,6,9-10,15-18H2,1-2H3/i1D3,2D3,6D2,9D2,10D2,15D2,16D2,17D2,18D2,20D,25D. The van der Waals surface area contributed by atoms with Crippen molar-refractivity contribution in [1.82, 2.24) is 4.90 Å². The van der Waals surface area contributed by atoms with Gasteiger partial charge in [0, 0.05) is 29.2 Å². The minimum atomic E-state index is -4.37. The lowest BCUT2D eigenvalue weighted by molar-refractivity contribution is -0.174. The first-order valence-electron chi connectivity index (χ1n) is 18.2. The summed E-state index contributed by atoms with van der Waals surface area (Å²) in [6.45, 7) is -15.3. The average Bonchev–Trinajstić information content (AvgIpc) is 2.90. The first-order chi connectivity index (χ1) is 21.1. The molecule has 0 aromatic heterocycles. The molecule has 1 fully saturated rings. The van der Waals surface area contributed by atoms with Gasteiger partial charge in [0.2, 0.25) is 1.43 Å². The molecule has 1 saturated carbocycles. The topological polar surface area (TPSA) is 49.8 Å². The number of nitrogens with zero attached hydrogens (tertiary/aromatic N) is 1. The Morgan fingerprint density at radius 3 is 2.77 bits per heavy atom. The molecule has 142 valence electrons. The van der Waals surface area contributed by atoms with Crippen LogP contribution in [0.15, 0.2) is 30.3 Å². The average molecular weight is 380 g/mol. The van der Waals surface area contributed by atoms with E-state index >= 15 is 0 Å². The van der Waals surface area contributed by atoms with E-state index in [1.165, 1.54) is 12.0 Å². The summed E-state index contributed by atoms with van der Waals surface area (Å²) in [5, 5.41) is 4.52. The third kappa shape index (κ3) is 5.09. The molecule has 2 rings (SSSR count). The molecule has 0 heterocycles. The van der Waals surface area contributed by atoms with E-state index in [-0.39, 0.29) is 4.90 Å². The summed E-state index contributed by atoms with van der Waals surface area (Å²) in [5.74, 6) is -3.62. The molecule has 0 bridgehead atoms. The smallest absolute Gasteiger partial charge is 0.344 e. The first-order valence-corrected chi connectivity index (χ1v) is 7.29. The SMILES string of the molecule is [2H]OC(C(=O)OC([2H])([2H])C#CC([2H])([2H])N(CC([2H])([2H])[2H])CC([2H])([2H])[2H])(c1ccccc1)C1([2H])C([2H])([2H])C([2H])([2H])C([2H])([2H])C([2H])([2H])C1([2H])[2H]. The van der Waals surface area contributed by atoms with Crippen molar-refractivity contribution < 1.29 is 43.4 Å². The van der Waals surface area contributed by atoms with Crippen LogP contribution in [-0.2, 0) is 15.1 Å². The van der Waals surface area contributed by atoms with Gasteiger partial charge in [-0.15, -0.1) is 0 Å². The van der Waals surface area contributed by atoms with Crippen LogP contribution in [0, 0.1) is 17.7 Å². The predicted octanol–water partition coefficient (Wildman–Crippen LogP) is 3.34. The summed E-state index contributed by atoms with van der Waals surface area (Å²) < 4.78 is 182. The molecule has 0 radical (unpaired) electrons. The van der Waals surface area contributed by atoms with Gasteiger partial charge in [-0.3, -0.25) is 4.90 Å². The van der Waals surface area contributed by atoms with Gasteiger partial charge in [0.25, 0.3) is 0 Å². The van der Waals surface area contributed by atoms with Gasteiger partial charge in [0.1, 0.15) is 0 Å². The lowest BCUT2D eigenvalue weighted by Gasteiger charge is -2.36. The highest BCUT2D eigenvalue weighted by Gasteiger charge is 2.46. The number of ether oxygens (including phenoxy) is 1. The molecule has 1 aliphatic carbocycles. The highest BCUT2D eigenvalue weighted by molar-refractivity contribution is 5.81. The van der Waals surface area contributed by atoms with Crippen molar-refractivity contribution in [3.63, 3.8) is 0 Å². The van der Waals surface area contributed by atoms with Crippen LogP contribution in [0.2, 0.25) is 0 Å². The van der Waals surface area contributed by atoms with E-state index in [1.807, 2.05) is 0 Å². The van der Waals surface area contributed by atoms with Gasteiger partial charge in [-0.05, 0) is 31.4 Å². The number of rotatable bonds is 8. The fraction of sp³-hybridized carbons (Fsp3) is 0.591. The Kier molecular flexibility index (Phi) is 2.32. The number of hydrogen-bond acceptors (Lipinski definition) is 4. The van der Waals surface area contributed by atoms with Crippen LogP contribution in [-0.4, -0.2) is 43.6 Å². The fourth-order valence-electron chi connectivity index (χ4n) is 1.87. The second kappa shape index (κ2) is 10.4. The molecule has 1 atom stereocenters. The Balaban J connectivity index is 2.87. The molecule has 1 aromatic rings. The van der Waals surface area contributed by atoms with Crippen molar-refractivity contribution in [2.24, 2.45) is 5.89 Å². The second-order valence-electron chi connectivity index (χ2n) is 4.76. The number of carbonyl (C=O) groups excluding carboxylic acids is 1. The van der Waals surface area contributed by atoms with Crippen molar-refractivity contribution in [2.75, 3.05) is 26.1 Å². The quantitative estimate of drug-likeness (QED) is 0.556. The predicted molar refractivity (Wildman–Crippen MR) is 103 cm³/mol. The molecule has 1 N–H and O–H groups in total. The van der Waals surface area contributed by atoms with Gasteiger partial charge < -0.3 is 9.85 Å². The molecule has 26 heavy (non-hydrogen) atoms. The normalized spacial score (nSPS) is 42.7. The molecular weight excluding hydrogens is 326 g/mol. The number of carbonyl (C=O) groups is 1. The minimum absolute atomic E-state index is 0.237. The Bertz CT molecular complexity index is 1360. The fourth-order valence-corrected chi connectivity index (χ4v) is 1.87. The van der Waals surface area contributed by atoms with Gasteiger partial charge in [0.15, 0.2) is 12.2 Å². The Hall–Kier alpha value is -1.83. The lowest BCUT2D eigenvalue weighted by Crippen LogP contribution is -2.45. The van der Waals surface area contributed by atoms with E-state index < -0.39 is 94.7 Å². The zero-order valence-corrected chi connectivity index (χ0v) is 13.5. The van der Waals surface area contributed by atoms with Crippen LogP contribution >= 0.6 is 0 Å². The van der Waals surface area contributed by atoms with Crippen molar-refractivity contribution in [3.8, 4) is 11.8 Å². The van der Waals surface area contributed by atoms with E-state index in [9.17, 15) is 4.79 Å². The molecule has 0 aliphatic heterocycles. The third-order valence-corrected chi connectivity index (χ3v) is 3.17.